The molecule has 0 aliphatic carbocycles. The van der Waals surface area contributed by atoms with E-state index in [0.717, 1.165) is 0 Å². The summed E-state index contributed by atoms with van der Waals surface area (Å²) in [7, 11) is 0. The van der Waals surface area contributed by atoms with Gasteiger partial charge in [-0.05, 0) is 6.42 Å². The van der Waals surface area contributed by atoms with E-state index in [1.807, 2.05) is 6.07 Å². The van der Waals surface area contributed by atoms with Crippen LogP contribution in [0.4, 0.5) is 0 Å². The van der Waals surface area contributed by atoms with Gasteiger partial charge in [0, 0.05) is 5.56 Å². The van der Waals surface area contributed by atoms with E-state index in [0.29, 0.717) is 12.0 Å². The monoisotopic (exact) mass is 174 g/mol. The molecule has 1 aromatic carbocycles. The van der Waals surface area contributed by atoms with Crippen LogP contribution in [0.25, 0.3) is 0 Å². The first-order valence-corrected chi connectivity index (χ1v) is 4.13. The molecule has 1 aromatic rings. The van der Waals surface area contributed by atoms with Crippen molar-refractivity contribution < 1.29 is 9.59 Å². The molecule has 2 heteroatoms. The fourth-order valence-corrected chi connectivity index (χ4v) is 1.04. The van der Waals surface area contributed by atoms with E-state index in [9.17, 15) is 9.59 Å². The van der Waals surface area contributed by atoms with E-state index in [1.54, 1.807) is 37.1 Å². The van der Waals surface area contributed by atoms with Crippen molar-refractivity contribution in [3.8, 4) is 0 Å². The number of ketones is 1. The number of carbonyl (C=O) groups is 1. The predicted molar refractivity (Wildman–Crippen MR) is 50.3 cm³/mol. The van der Waals surface area contributed by atoms with Crippen LogP contribution in [0.5, 0.6) is 0 Å². The second-order valence-electron chi connectivity index (χ2n) is 2.63. The minimum atomic E-state index is -0.224. The first-order chi connectivity index (χ1) is 6.29. The summed E-state index contributed by atoms with van der Waals surface area (Å²) in [6, 6.07) is 8.74. The SMILES string of the molecule is CCC(=C=O)C(=O)c1ccccc1. The fraction of sp³-hybridized carbons (Fsp3) is 0.182. The third-order valence-corrected chi connectivity index (χ3v) is 1.79. The lowest BCUT2D eigenvalue weighted by atomic mass is 10.0. The number of hydrogen-bond acceptors (Lipinski definition) is 2. The largest absolute Gasteiger partial charge is 0.288 e. The van der Waals surface area contributed by atoms with E-state index >= 15 is 0 Å². The number of benzene rings is 1. The zero-order valence-corrected chi connectivity index (χ0v) is 7.41. The van der Waals surface area contributed by atoms with E-state index in [4.69, 9.17) is 0 Å². The summed E-state index contributed by atoms with van der Waals surface area (Å²) in [5.41, 5.74) is 0.744. The van der Waals surface area contributed by atoms with Gasteiger partial charge in [-0.25, -0.2) is 4.79 Å². The van der Waals surface area contributed by atoms with Gasteiger partial charge in [0.05, 0.1) is 5.57 Å². The number of allylic oxidation sites excluding steroid dienone is 1. The molecule has 66 valence electrons. The van der Waals surface area contributed by atoms with Gasteiger partial charge >= 0.3 is 0 Å². The van der Waals surface area contributed by atoms with Crippen molar-refractivity contribution in [1.82, 2.24) is 0 Å². The molecule has 1 rings (SSSR count). The maximum Gasteiger partial charge on any atom is 0.199 e. The Morgan fingerprint density at radius 1 is 1.31 bits per heavy atom. The van der Waals surface area contributed by atoms with Crippen LogP contribution in [0.1, 0.15) is 23.7 Å². The first-order valence-electron chi connectivity index (χ1n) is 4.13. The van der Waals surface area contributed by atoms with Crippen molar-refractivity contribution in [3.63, 3.8) is 0 Å². The summed E-state index contributed by atoms with van der Waals surface area (Å²) in [6.45, 7) is 1.76. The summed E-state index contributed by atoms with van der Waals surface area (Å²) < 4.78 is 0. The van der Waals surface area contributed by atoms with Crippen LogP contribution in [0.15, 0.2) is 35.9 Å². The minimum absolute atomic E-state index is 0.200. The quantitative estimate of drug-likeness (QED) is 0.399. The van der Waals surface area contributed by atoms with Crippen LogP contribution < -0.4 is 0 Å². The van der Waals surface area contributed by atoms with Crippen molar-refractivity contribution >= 4 is 11.7 Å². The third kappa shape index (κ3) is 2.14. The number of Topliss-reactive ketones (excluding diaryl/α,β-unsaturated/α-hetero) is 1. The molecule has 0 heterocycles. The van der Waals surface area contributed by atoms with E-state index in [-0.39, 0.29) is 11.4 Å². The van der Waals surface area contributed by atoms with Crippen LogP contribution >= 0.6 is 0 Å². The molecule has 0 saturated carbocycles. The van der Waals surface area contributed by atoms with Gasteiger partial charge in [-0.3, -0.25) is 4.79 Å². The third-order valence-electron chi connectivity index (χ3n) is 1.79. The fourth-order valence-electron chi connectivity index (χ4n) is 1.04. The van der Waals surface area contributed by atoms with Crippen LogP contribution in [0, 0.1) is 0 Å². The molecular weight excluding hydrogens is 164 g/mol. The van der Waals surface area contributed by atoms with Crippen LogP contribution in [-0.2, 0) is 4.79 Å². The second kappa shape index (κ2) is 4.39. The minimum Gasteiger partial charge on any atom is -0.288 e. The maximum atomic E-state index is 11.5. The molecule has 2 nitrogen and oxygen atoms in total. The Kier molecular flexibility index (Phi) is 3.18. The van der Waals surface area contributed by atoms with Gasteiger partial charge in [-0.15, -0.1) is 0 Å². The average Bonchev–Trinajstić information content (AvgIpc) is 2.21. The summed E-state index contributed by atoms with van der Waals surface area (Å²) in [5.74, 6) is 1.44. The van der Waals surface area contributed by atoms with Crippen molar-refractivity contribution in [3.05, 3.63) is 41.5 Å². The molecule has 0 saturated heterocycles. The van der Waals surface area contributed by atoms with Crippen molar-refractivity contribution in [2.24, 2.45) is 0 Å². The number of rotatable bonds is 3. The summed E-state index contributed by atoms with van der Waals surface area (Å²) in [6.07, 6.45) is 0.428. The van der Waals surface area contributed by atoms with Crippen molar-refractivity contribution in [1.29, 1.82) is 0 Å². The number of hydrogen-bond donors (Lipinski definition) is 0. The topological polar surface area (TPSA) is 34.1 Å². The Balaban J connectivity index is 2.99. The molecule has 13 heavy (non-hydrogen) atoms. The molecule has 0 amide bonds. The highest BCUT2D eigenvalue weighted by molar-refractivity contribution is 6.13. The Morgan fingerprint density at radius 2 is 1.92 bits per heavy atom. The Hall–Kier alpha value is -1.66. The summed E-state index contributed by atoms with van der Waals surface area (Å²) in [4.78, 5) is 21.9. The van der Waals surface area contributed by atoms with Gasteiger partial charge in [0.25, 0.3) is 0 Å². The predicted octanol–water partition coefficient (Wildman–Crippen LogP) is 2.04. The molecule has 0 aromatic heterocycles. The van der Waals surface area contributed by atoms with Gasteiger partial charge in [-0.1, -0.05) is 37.3 Å². The lowest BCUT2D eigenvalue weighted by Gasteiger charge is -1.98. The first kappa shape index (κ1) is 9.43. The number of carbonyl (C=O) groups excluding carboxylic acids is 2. The molecule has 0 aliphatic rings. The van der Waals surface area contributed by atoms with E-state index in [2.05, 4.69) is 0 Å². The Labute approximate surface area is 76.9 Å². The zero-order chi connectivity index (χ0) is 9.68. The highest BCUT2D eigenvalue weighted by Gasteiger charge is 2.10. The highest BCUT2D eigenvalue weighted by atomic mass is 16.1. The molecule has 0 unspecified atom stereocenters. The average molecular weight is 174 g/mol. The smallest absolute Gasteiger partial charge is 0.199 e. The molecule has 0 spiro atoms. The Morgan fingerprint density at radius 3 is 2.38 bits per heavy atom. The Bertz CT molecular complexity index is 346. The molecule has 0 atom stereocenters. The lowest BCUT2D eigenvalue weighted by molar-refractivity contribution is 0.103. The van der Waals surface area contributed by atoms with Crippen molar-refractivity contribution in [2.75, 3.05) is 0 Å². The second-order valence-corrected chi connectivity index (χ2v) is 2.63. The van der Waals surface area contributed by atoms with Crippen LogP contribution in [-0.4, -0.2) is 11.7 Å². The van der Waals surface area contributed by atoms with E-state index in [1.165, 1.54) is 0 Å². The van der Waals surface area contributed by atoms with Gasteiger partial charge in [0.15, 0.2) is 5.78 Å². The normalized spacial score (nSPS) is 9.00. The van der Waals surface area contributed by atoms with Gasteiger partial charge in [-0.2, -0.15) is 0 Å². The van der Waals surface area contributed by atoms with Gasteiger partial charge < -0.3 is 0 Å². The van der Waals surface area contributed by atoms with Crippen LogP contribution in [0.3, 0.4) is 0 Å². The highest BCUT2D eigenvalue weighted by Crippen LogP contribution is 2.07. The summed E-state index contributed by atoms with van der Waals surface area (Å²) >= 11 is 0. The maximum absolute atomic E-state index is 11.5. The van der Waals surface area contributed by atoms with Crippen LogP contribution in [0.2, 0.25) is 0 Å². The van der Waals surface area contributed by atoms with E-state index < -0.39 is 0 Å². The zero-order valence-electron chi connectivity index (χ0n) is 7.41. The standard InChI is InChI=1S/C11H10O2/c1-2-9(8-12)11(13)10-6-4-3-5-7-10/h3-7H,2H2,1H3. The van der Waals surface area contributed by atoms with Crippen molar-refractivity contribution in [2.45, 2.75) is 13.3 Å². The molecule has 0 aliphatic heterocycles. The molecule has 0 bridgehead atoms. The molecular formula is C11H10O2. The van der Waals surface area contributed by atoms with Gasteiger partial charge in [0.1, 0.15) is 5.94 Å². The summed E-state index contributed by atoms with van der Waals surface area (Å²) in [5, 5.41) is 0. The molecule has 0 radical (unpaired) electrons. The van der Waals surface area contributed by atoms with Gasteiger partial charge in [0.2, 0.25) is 0 Å². The molecule has 0 N–H and O–H groups in total. The molecule has 0 fully saturated rings. The lowest BCUT2D eigenvalue weighted by Crippen LogP contribution is -2.02.